The van der Waals surface area contributed by atoms with Gasteiger partial charge in [-0.1, -0.05) is 11.6 Å². The Morgan fingerprint density at radius 3 is 2.81 bits per heavy atom. The second kappa shape index (κ2) is 6.49. The molecule has 2 heterocycles. The van der Waals surface area contributed by atoms with E-state index in [2.05, 4.69) is 5.32 Å². The summed E-state index contributed by atoms with van der Waals surface area (Å²) in [6.07, 6.45) is 0.0797. The number of amides is 2. The second-order valence-electron chi connectivity index (χ2n) is 6.06. The Balaban J connectivity index is 1.47. The van der Waals surface area contributed by atoms with E-state index in [-0.39, 0.29) is 36.6 Å². The number of anilines is 2. The van der Waals surface area contributed by atoms with Gasteiger partial charge in [-0.2, -0.15) is 0 Å². The van der Waals surface area contributed by atoms with E-state index >= 15 is 0 Å². The molecule has 6 nitrogen and oxygen atoms in total. The van der Waals surface area contributed by atoms with E-state index in [1.54, 1.807) is 18.2 Å². The number of hydrogen-bond donors (Lipinski definition) is 1. The van der Waals surface area contributed by atoms with Gasteiger partial charge in [-0.3, -0.25) is 9.59 Å². The Morgan fingerprint density at radius 1 is 1.19 bits per heavy atom. The van der Waals surface area contributed by atoms with E-state index in [9.17, 15) is 14.0 Å². The van der Waals surface area contributed by atoms with Gasteiger partial charge in [0.25, 0.3) is 0 Å². The lowest BCUT2D eigenvalue weighted by Crippen LogP contribution is -2.28. The fourth-order valence-electron chi connectivity index (χ4n) is 3.00. The lowest BCUT2D eigenvalue weighted by Gasteiger charge is -2.17. The number of hydrogen-bond acceptors (Lipinski definition) is 4. The summed E-state index contributed by atoms with van der Waals surface area (Å²) in [6, 6.07) is 9.22. The van der Waals surface area contributed by atoms with Crippen molar-refractivity contribution in [2.75, 3.05) is 23.6 Å². The van der Waals surface area contributed by atoms with Crippen LogP contribution in [0.15, 0.2) is 36.4 Å². The molecule has 2 aromatic rings. The monoisotopic (exact) mass is 376 g/mol. The first-order chi connectivity index (χ1) is 12.5. The molecule has 2 amide bonds. The topological polar surface area (TPSA) is 67.9 Å². The van der Waals surface area contributed by atoms with Crippen LogP contribution in [-0.2, 0) is 9.59 Å². The molecule has 0 aliphatic carbocycles. The van der Waals surface area contributed by atoms with Crippen LogP contribution >= 0.6 is 11.6 Å². The van der Waals surface area contributed by atoms with Crippen LogP contribution < -0.4 is 19.7 Å². The van der Waals surface area contributed by atoms with Gasteiger partial charge in [-0.05, 0) is 30.3 Å². The van der Waals surface area contributed by atoms with Crippen LogP contribution in [0.1, 0.15) is 6.42 Å². The maximum absolute atomic E-state index is 13.5. The van der Waals surface area contributed by atoms with E-state index in [4.69, 9.17) is 21.1 Å². The fourth-order valence-corrected chi connectivity index (χ4v) is 3.12. The van der Waals surface area contributed by atoms with Gasteiger partial charge in [-0.15, -0.1) is 0 Å². The number of carbonyl (C=O) groups is 2. The van der Waals surface area contributed by atoms with E-state index in [0.717, 1.165) is 6.07 Å². The Kier molecular flexibility index (Phi) is 4.16. The summed E-state index contributed by atoms with van der Waals surface area (Å²) in [6.45, 7) is 0.385. The number of benzene rings is 2. The highest BCUT2D eigenvalue weighted by Crippen LogP contribution is 2.37. The molecule has 26 heavy (non-hydrogen) atoms. The van der Waals surface area contributed by atoms with Crippen molar-refractivity contribution in [2.45, 2.75) is 6.42 Å². The summed E-state index contributed by atoms with van der Waals surface area (Å²) in [5, 5.41) is 2.60. The molecular formula is C18H14ClFN2O4. The van der Waals surface area contributed by atoms with Crippen LogP contribution in [0.5, 0.6) is 11.5 Å². The molecule has 0 radical (unpaired) electrons. The molecule has 1 fully saturated rings. The van der Waals surface area contributed by atoms with Crippen LogP contribution in [-0.4, -0.2) is 25.2 Å². The highest BCUT2D eigenvalue weighted by molar-refractivity contribution is 6.30. The van der Waals surface area contributed by atoms with E-state index in [0.29, 0.717) is 22.9 Å². The van der Waals surface area contributed by atoms with Crippen LogP contribution in [0.4, 0.5) is 15.8 Å². The minimum Gasteiger partial charge on any atom is -0.454 e. The average molecular weight is 377 g/mol. The molecule has 1 saturated heterocycles. The molecule has 1 unspecified atom stereocenters. The number of halogens is 2. The van der Waals surface area contributed by atoms with Gasteiger partial charge in [0.1, 0.15) is 5.82 Å². The fraction of sp³-hybridized carbons (Fsp3) is 0.222. The second-order valence-corrected chi connectivity index (χ2v) is 6.47. The predicted molar refractivity (Wildman–Crippen MR) is 93.1 cm³/mol. The minimum absolute atomic E-state index is 0.0203. The largest absolute Gasteiger partial charge is 0.454 e. The number of nitrogens with zero attached hydrogens (tertiary/aromatic N) is 1. The molecule has 0 saturated carbocycles. The number of nitrogens with one attached hydrogen (secondary N) is 1. The third-order valence-corrected chi connectivity index (χ3v) is 4.66. The molecule has 8 heteroatoms. The van der Waals surface area contributed by atoms with Gasteiger partial charge in [0.2, 0.25) is 18.6 Å². The summed E-state index contributed by atoms with van der Waals surface area (Å²) in [5.41, 5.74) is 0.943. The van der Waals surface area contributed by atoms with E-state index < -0.39 is 11.7 Å². The zero-order valence-corrected chi connectivity index (χ0v) is 14.3. The van der Waals surface area contributed by atoms with Gasteiger partial charge >= 0.3 is 0 Å². The van der Waals surface area contributed by atoms with Crippen LogP contribution in [0.25, 0.3) is 0 Å². The third-order valence-electron chi connectivity index (χ3n) is 4.35. The molecule has 2 aliphatic rings. The predicted octanol–water partition coefficient (Wildman–Crippen LogP) is 3.20. The first-order valence-corrected chi connectivity index (χ1v) is 8.35. The molecule has 2 aromatic carbocycles. The highest BCUT2D eigenvalue weighted by Gasteiger charge is 2.35. The number of ether oxygens (including phenoxy) is 2. The molecule has 0 bridgehead atoms. The molecule has 0 aromatic heterocycles. The van der Waals surface area contributed by atoms with Gasteiger partial charge in [0.15, 0.2) is 11.5 Å². The summed E-state index contributed by atoms with van der Waals surface area (Å²) in [4.78, 5) is 26.3. The summed E-state index contributed by atoms with van der Waals surface area (Å²) >= 11 is 5.63. The van der Waals surface area contributed by atoms with Crippen molar-refractivity contribution >= 4 is 34.8 Å². The SMILES string of the molecule is O=C(Nc1ccc(Cl)c(F)c1)C1CC(=O)N(c2ccc3c(c2)OCO3)C1. The summed E-state index contributed by atoms with van der Waals surface area (Å²) in [7, 11) is 0. The van der Waals surface area contributed by atoms with Gasteiger partial charge in [0.05, 0.1) is 10.9 Å². The molecule has 0 spiro atoms. The van der Waals surface area contributed by atoms with Crippen molar-refractivity contribution in [3.63, 3.8) is 0 Å². The zero-order valence-electron chi connectivity index (χ0n) is 13.5. The molecular weight excluding hydrogens is 363 g/mol. The number of carbonyl (C=O) groups excluding carboxylic acids is 2. The standard InChI is InChI=1S/C18H14ClFN2O4/c19-13-3-1-11(6-14(13)20)21-18(24)10-5-17(23)22(8-10)12-2-4-15-16(7-12)26-9-25-15/h1-4,6-7,10H,5,8-9H2,(H,21,24). The van der Waals surface area contributed by atoms with Crippen LogP contribution in [0.3, 0.4) is 0 Å². The quantitative estimate of drug-likeness (QED) is 0.893. The lowest BCUT2D eigenvalue weighted by molar-refractivity contribution is -0.122. The van der Waals surface area contributed by atoms with Crippen molar-refractivity contribution in [1.82, 2.24) is 0 Å². The zero-order chi connectivity index (χ0) is 18.3. The Morgan fingerprint density at radius 2 is 2.00 bits per heavy atom. The highest BCUT2D eigenvalue weighted by atomic mass is 35.5. The summed E-state index contributed by atoms with van der Waals surface area (Å²) in [5.74, 6) is -0.463. The molecule has 2 aliphatic heterocycles. The molecule has 1 N–H and O–H groups in total. The molecule has 1 atom stereocenters. The van der Waals surface area contributed by atoms with Gasteiger partial charge in [-0.25, -0.2) is 4.39 Å². The van der Waals surface area contributed by atoms with Gasteiger partial charge < -0.3 is 19.7 Å². The molecule has 134 valence electrons. The maximum atomic E-state index is 13.5. The Labute approximate surface area is 153 Å². The van der Waals surface area contributed by atoms with Crippen molar-refractivity contribution in [1.29, 1.82) is 0 Å². The van der Waals surface area contributed by atoms with Crippen LogP contribution in [0, 0.1) is 11.7 Å². The average Bonchev–Trinajstić information content (AvgIpc) is 3.23. The first kappa shape index (κ1) is 16.7. The normalized spacial score (nSPS) is 18.3. The maximum Gasteiger partial charge on any atom is 0.231 e. The van der Waals surface area contributed by atoms with Crippen molar-refractivity contribution in [3.8, 4) is 11.5 Å². The van der Waals surface area contributed by atoms with Crippen molar-refractivity contribution in [2.24, 2.45) is 5.92 Å². The van der Waals surface area contributed by atoms with Gasteiger partial charge in [0, 0.05) is 30.4 Å². The van der Waals surface area contributed by atoms with E-state index in [1.165, 1.54) is 17.0 Å². The smallest absolute Gasteiger partial charge is 0.231 e. The minimum atomic E-state index is -0.617. The molecule has 4 rings (SSSR count). The van der Waals surface area contributed by atoms with E-state index in [1.807, 2.05) is 0 Å². The lowest BCUT2D eigenvalue weighted by atomic mass is 10.1. The number of rotatable bonds is 3. The van der Waals surface area contributed by atoms with Crippen molar-refractivity contribution < 1.29 is 23.5 Å². The van der Waals surface area contributed by atoms with Crippen LogP contribution in [0.2, 0.25) is 5.02 Å². The Bertz CT molecular complexity index is 905. The Hall–Kier alpha value is -2.80. The number of fused-ring (bicyclic) bond motifs is 1. The third kappa shape index (κ3) is 3.06. The first-order valence-electron chi connectivity index (χ1n) is 7.97. The summed E-state index contributed by atoms with van der Waals surface area (Å²) < 4.78 is 24.1. The van der Waals surface area contributed by atoms with Crippen molar-refractivity contribution in [3.05, 3.63) is 47.2 Å².